The maximum Gasteiger partial charge on any atom is 0.277 e. The van der Waals surface area contributed by atoms with Crippen molar-refractivity contribution in [2.45, 2.75) is 58.3 Å². The third-order valence-corrected chi connectivity index (χ3v) is 7.37. The van der Waals surface area contributed by atoms with Gasteiger partial charge in [0.2, 0.25) is 0 Å². The predicted molar refractivity (Wildman–Crippen MR) is 143 cm³/mol. The molecule has 0 aliphatic carbocycles. The topological polar surface area (TPSA) is 75.1 Å². The zero-order valence-electron chi connectivity index (χ0n) is 20.0. The zero-order chi connectivity index (χ0) is 24.7. The minimum atomic E-state index is -0.185. The molecule has 0 spiro atoms. The number of benzene rings is 2. The van der Waals surface area contributed by atoms with E-state index in [9.17, 15) is 4.79 Å². The van der Waals surface area contributed by atoms with Crippen molar-refractivity contribution in [3.63, 3.8) is 0 Å². The number of hydrogen-bond donors (Lipinski definition) is 1. The van der Waals surface area contributed by atoms with Crippen LogP contribution in [0.25, 0.3) is 33.2 Å². The molecule has 35 heavy (non-hydrogen) atoms. The van der Waals surface area contributed by atoms with Gasteiger partial charge >= 0.3 is 0 Å². The molecule has 2 aromatic carbocycles. The smallest absolute Gasteiger partial charge is 0.277 e. The molecule has 2 aromatic heterocycles. The van der Waals surface area contributed by atoms with E-state index in [2.05, 4.69) is 24.5 Å². The largest absolute Gasteiger partial charge is 0.376 e. The molecule has 1 fully saturated rings. The van der Waals surface area contributed by atoms with E-state index >= 15 is 0 Å². The lowest BCUT2D eigenvalue weighted by atomic mass is 10.0. The number of aromatic nitrogens is 3. The summed E-state index contributed by atoms with van der Waals surface area (Å²) >= 11 is 12.7. The van der Waals surface area contributed by atoms with Gasteiger partial charge in [-0.25, -0.2) is 4.98 Å². The van der Waals surface area contributed by atoms with Gasteiger partial charge in [0.25, 0.3) is 5.56 Å². The minimum absolute atomic E-state index is 0.176. The first-order chi connectivity index (χ1) is 16.8. The highest BCUT2D eigenvalue weighted by atomic mass is 35.5. The van der Waals surface area contributed by atoms with E-state index in [1.807, 2.05) is 24.4 Å². The Bertz CT molecular complexity index is 1440. The predicted octanol–water partition coefficient (Wildman–Crippen LogP) is 5.88. The van der Waals surface area contributed by atoms with E-state index in [4.69, 9.17) is 38.7 Å². The second kappa shape index (κ2) is 9.94. The Morgan fingerprint density at radius 3 is 2.69 bits per heavy atom. The second-order valence-electron chi connectivity index (χ2n) is 9.87. The second-order valence-corrected chi connectivity index (χ2v) is 10.7. The van der Waals surface area contributed by atoms with Gasteiger partial charge in [-0.3, -0.25) is 4.79 Å². The summed E-state index contributed by atoms with van der Waals surface area (Å²) in [7, 11) is 0. The standard InChI is InChI=1S/C27H30Cl2N4O2/c1-16(2)10-17(30)13-33-25-12-22(29)21(28)11-23(25)31-26(27(33)34)20-15-32(14-18-6-5-9-35-18)24-8-4-3-7-19(20)24/h3-4,7-8,11-12,15-18H,5-6,9-10,13-14,30H2,1-2H3. The Hall–Kier alpha value is -2.38. The lowest BCUT2D eigenvalue weighted by Crippen LogP contribution is -2.34. The molecule has 184 valence electrons. The third-order valence-electron chi connectivity index (χ3n) is 6.65. The average molecular weight is 513 g/mol. The van der Waals surface area contributed by atoms with Crippen LogP contribution in [-0.4, -0.2) is 32.9 Å². The Labute approximate surface area is 214 Å². The number of nitrogens with two attached hydrogens (primary N) is 1. The summed E-state index contributed by atoms with van der Waals surface area (Å²) in [5.41, 5.74) is 9.75. The fraction of sp³-hybridized carbons (Fsp3) is 0.407. The molecule has 1 saturated heterocycles. The van der Waals surface area contributed by atoms with Crippen LogP contribution in [0.2, 0.25) is 10.0 Å². The summed E-state index contributed by atoms with van der Waals surface area (Å²) in [5.74, 6) is 0.419. The van der Waals surface area contributed by atoms with Gasteiger partial charge in [0.05, 0.1) is 27.2 Å². The fourth-order valence-electron chi connectivity index (χ4n) is 5.10. The van der Waals surface area contributed by atoms with Crippen molar-refractivity contribution in [2.75, 3.05) is 6.61 Å². The molecule has 1 aliphatic heterocycles. The van der Waals surface area contributed by atoms with Gasteiger partial charge in [-0.1, -0.05) is 55.2 Å². The van der Waals surface area contributed by atoms with Crippen LogP contribution in [0.5, 0.6) is 0 Å². The summed E-state index contributed by atoms with van der Waals surface area (Å²) in [6.45, 7) is 6.16. The quantitative estimate of drug-likeness (QED) is 0.335. The molecule has 2 unspecified atom stereocenters. The molecule has 8 heteroatoms. The molecule has 1 aliphatic rings. The van der Waals surface area contributed by atoms with Crippen LogP contribution in [0.4, 0.5) is 0 Å². The highest BCUT2D eigenvalue weighted by Crippen LogP contribution is 2.32. The molecular formula is C27H30Cl2N4O2. The molecule has 4 aromatic rings. The number of rotatable bonds is 7. The van der Waals surface area contributed by atoms with Gasteiger partial charge < -0.3 is 19.6 Å². The summed E-state index contributed by atoms with van der Waals surface area (Å²) in [6.07, 6.45) is 5.12. The van der Waals surface area contributed by atoms with Crippen molar-refractivity contribution in [3.8, 4) is 11.3 Å². The first-order valence-electron chi connectivity index (χ1n) is 12.2. The van der Waals surface area contributed by atoms with Gasteiger partial charge in [-0.05, 0) is 43.4 Å². The SMILES string of the molecule is CC(C)CC(N)Cn1c(=O)c(-c2cn(CC3CCCO3)c3ccccc23)nc2cc(Cl)c(Cl)cc21. The highest BCUT2D eigenvalue weighted by Gasteiger charge is 2.22. The van der Waals surface area contributed by atoms with Crippen LogP contribution in [0.3, 0.4) is 0 Å². The maximum atomic E-state index is 13.9. The van der Waals surface area contributed by atoms with Gasteiger partial charge in [-0.2, -0.15) is 0 Å². The van der Waals surface area contributed by atoms with Crippen LogP contribution in [0, 0.1) is 5.92 Å². The van der Waals surface area contributed by atoms with E-state index < -0.39 is 0 Å². The number of nitrogens with zero attached hydrogens (tertiary/aromatic N) is 3. The Morgan fingerprint density at radius 2 is 1.94 bits per heavy atom. The van der Waals surface area contributed by atoms with Crippen molar-refractivity contribution in [1.29, 1.82) is 0 Å². The van der Waals surface area contributed by atoms with E-state index in [0.29, 0.717) is 39.2 Å². The Kier molecular flexibility index (Phi) is 6.91. The molecule has 5 rings (SSSR count). The van der Waals surface area contributed by atoms with E-state index in [1.54, 1.807) is 16.7 Å². The summed E-state index contributed by atoms with van der Waals surface area (Å²) in [4.78, 5) is 18.7. The summed E-state index contributed by atoms with van der Waals surface area (Å²) in [6, 6.07) is 11.3. The van der Waals surface area contributed by atoms with Gasteiger partial charge in [-0.15, -0.1) is 0 Å². The van der Waals surface area contributed by atoms with E-state index in [0.717, 1.165) is 48.9 Å². The lowest BCUT2D eigenvalue weighted by Gasteiger charge is -2.18. The molecule has 0 amide bonds. The van der Waals surface area contributed by atoms with Gasteiger partial charge in [0.15, 0.2) is 0 Å². The summed E-state index contributed by atoms with van der Waals surface area (Å²) < 4.78 is 9.76. The van der Waals surface area contributed by atoms with Gasteiger partial charge in [0, 0.05) is 48.4 Å². The number of halogens is 2. The number of ether oxygens (including phenoxy) is 1. The van der Waals surface area contributed by atoms with Crippen LogP contribution in [0.15, 0.2) is 47.4 Å². The maximum absolute atomic E-state index is 13.9. The molecular weight excluding hydrogens is 483 g/mol. The summed E-state index contributed by atoms with van der Waals surface area (Å²) in [5, 5.41) is 1.76. The molecule has 2 N–H and O–H groups in total. The van der Waals surface area contributed by atoms with Crippen LogP contribution >= 0.6 is 23.2 Å². The Balaban J connectivity index is 1.70. The third kappa shape index (κ3) is 4.85. The lowest BCUT2D eigenvalue weighted by molar-refractivity contribution is 0.0980. The number of fused-ring (bicyclic) bond motifs is 2. The van der Waals surface area contributed by atoms with Crippen molar-refractivity contribution in [2.24, 2.45) is 11.7 Å². The molecule has 6 nitrogen and oxygen atoms in total. The van der Waals surface area contributed by atoms with Crippen LogP contribution in [-0.2, 0) is 17.8 Å². The van der Waals surface area contributed by atoms with Crippen molar-refractivity contribution >= 4 is 45.1 Å². The monoisotopic (exact) mass is 512 g/mol. The fourth-order valence-corrected chi connectivity index (χ4v) is 5.42. The van der Waals surface area contributed by atoms with Crippen LogP contribution < -0.4 is 11.3 Å². The molecule has 0 radical (unpaired) electrons. The van der Waals surface area contributed by atoms with E-state index in [-0.39, 0.29) is 17.7 Å². The number of hydrogen-bond acceptors (Lipinski definition) is 4. The van der Waals surface area contributed by atoms with E-state index in [1.165, 1.54) is 0 Å². The molecule has 2 atom stereocenters. The molecule has 0 bridgehead atoms. The molecule has 3 heterocycles. The normalized spacial score (nSPS) is 17.1. The zero-order valence-corrected chi connectivity index (χ0v) is 21.5. The molecule has 0 saturated carbocycles. The minimum Gasteiger partial charge on any atom is -0.376 e. The first kappa shape index (κ1) is 24.3. The first-order valence-corrected chi connectivity index (χ1v) is 12.9. The van der Waals surface area contributed by atoms with Crippen molar-refractivity contribution in [3.05, 3.63) is 63.0 Å². The number of para-hydroxylation sites is 1. The highest BCUT2D eigenvalue weighted by molar-refractivity contribution is 6.42. The Morgan fingerprint density at radius 1 is 1.17 bits per heavy atom. The van der Waals surface area contributed by atoms with Crippen LogP contribution in [0.1, 0.15) is 33.1 Å². The average Bonchev–Trinajstić information content (AvgIpc) is 3.45. The van der Waals surface area contributed by atoms with Gasteiger partial charge in [0.1, 0.15) is 5.69 Å². The van der Waals surface area contributed by atoms with Crippen molar-refractivity contribution in [1.82, 2.24) is 14.1 Å². The van der Waals surface area contributed by atoms with Crippen molar-refractivity contribution < 1.29 is 4.74 Å².